The lowest BCUT2D eigenvalue weighted by molar-refractivity contribution is -0.259. The fourth-order valence-corrected chi connectivity index (χ4v) is 5.73. The zero-order valence-corrected chi connectivity index (χ0v) is 16.8. The Morgan fingerprint density at radius 1 is 1.33 bits per heavy atom. The molecule has 1 saturated heterocycles. The minimum Gasteiger partial charge on any atom is -0.487 e. The van der Waals surface area contributed by atoms with Gasteiger partial charge in [0.2, 0.25) is 0 Å². The van der Waals surface area contributed by atoms with Crippen LogP contribution in [0, 0.1) is 23.2 Å². The van der Waals surface area contributed by atoms with E-state index in [-0.39, 0.29) is 29.1 Å². The van der Waals surface area contributed by atoms with Gasteiger partial charge in [0.1, 0.15) is 18.0 Å². The quantitative estimate of drug-likeness (QED) is 0.854. The van der Waals surface area contributed by atoms with Crippen LogP contribution >= 0.6 is 0 Å². The highest BCUT2D eigenvalue weighted by Gasteiger charge is 2.64. The van der Waals surface area contributed by atoms with Gasteiger partial charge in [-0.3, -0.25) is 0 Å². The fourth-order valence-electron chi connectivity index (χ4n) is 5.73. The lowest BCUT2D eigenvalue weighted by atomic mass is 9.50. The van der Waals surface area contributed by atoms with Crippen LogP contribution in [0.4, 0.5) is 4.79 Å². The van der Waals surface area contributed by atoms with Crippen molar-refractivity contribution in [3.63, 3.8) is 0 Å². The number of fused-ring (bicyclic) bond motifs is 3. The SMILES string of the molecule is CCCNC(=O)OC[C@]12CO[C@@H]3c4ccccc4O[C@@](C)(C[C@@H]1C)[C@@H]3[C@@H]2C. The van der Waals surface area contributed by atoms with Gasteiger partial charge in [0.05, 0.1) is 12.7 Å². The second kappa shape index (κ2) is 6.69. The average molecular weight is 373 g/mol. The molecule has 1 amide bonds. The third kappa shape index (κ3) is 2.82. The van der Waals surface area contributed by atoms with Gasteiger partial charge in [-0.1, -0.05) is 39.0 Å². The number of alkyl carbamates (subject to hydrolysis) is 1. The number of para-hydroxylation sites is 1. The molecule has 5 heteroatoms. The molecule has 1 aromatic carbocycles. The maximum atomic E-state index is 12.0. The van der Waals surface area contributed by atoms with E-state index < -0.39 is 0 Å². The van der Waals surface area contributed by atoms with Gasteiger partial charge in [-0.15, -0.1) is 0 Å². The summed E-state index contributed by atoms with van der Waals surface area (Å²) in [6.45, 7) is 10.4. The first-order valence-corrected chi connectivity index (χ1v) is 10.2. The number of ether oxygens (including phenoxy) is 3. The Labute approximate surface area is 161 Å². The van der Waals surface area contributed by atoms with E-state index in [0.717, 1.165) is 24.2 Å². The Kier molecular flexibility index (Phi) is 4.61. The molecule has 0 unspecified atom stereocenters. The first-order valence-electron chi connectivity index (χ1n) is 10.2. The van der Waals surface area contributed by atoms with Crippen molar-refractivity contribution in [2.45, 2.75) is 52.2 Å². The summed E-state index contributed by atoms with van der Waals surface area (Å²) in [7, 11) is 0. The first kappa shape index (κ1) is 18.6. The average Bonchev–Trinajstić information content (AvgIpc) is 2.64. The highest BCUT2D eigenvalue weighted by atomic mass is 16.6. The summed E-state index contributed by atoms with van der Waals surface area (Å²) >= 11 is 0. The van der Waals surface area contributed by atoms with Crippen molar-refractivity contribution in [2.24, 2.45) is 23.2 Å². The van der Waals surface area contributed by atoms with Crippen molar-refractivity contribution in [2.75, 3.05) is 19.8 Å². The summed E-state index contributed by atoms with van der Waals surface area (Å²) in [5.41, 5.74) is 0.725. The molecule has 2 aliphatic heterocycles. The van der Waals surface area contributed by atoms with Crippen LogP contribution in [-0.2, 0) is 9.47 Å². The van der Waals surface area contributed by atoms with Crippen molar-refractivity contribution in [1.29, 1.82) is 0 Å². The first-order chi connectivity index (χ1) is 12.9. The highest BCUT2D eigenvalue weighted by Crippen LogP contribution is 2.63. The molecule has 1 aromatic rings. The highest BCUT2D eigenvalue weighted by molar-refractivity contribution is 5.67. The van der Waals surface area contributed by atoms with Crippen LogP contribution in [0.15, 0.2) is 24.3 Å². The van der Waals surface area contributed by atoms with Crippen LogP contribution in [0.1, 0.15) is 52.2 Å². The molecular formula is C22H31NO4. The minimum atomic E-state index is -0.327. The van der Waals surface area contributed by atoms with E-state index in [1.54, 1.807) is 0 Å². The summed E-state index contributed by atoms with van der Waals surface area (Å²) < 4.78 is 18.7. The smallest absolute Gasteiger partial charge is 0.407 e. The number of rotatable bonds is 4. The van der Waals surface area contributed by atoms with Crippen LogP contribution in [0.3, 0.4) is 0 Å². The van der Waals surface area contributed by atoms with Crippen molar-refractivity contribution in [3.05, 3.63) is 29.8 Å². The van der Waals surface area contributed by atoms with Gasteiger partial charge < -0.3 is 19.5 Å². The molecule has 1 N–H and O–H groups in total. The largest absolute Gasteiger partial charge is 0.487 e. The van der Waals surface area contributed by atoms with Crippen molar-refractivity contribution >= 4 is 6.09 Å². The number of carbonyl (C=O) groups is 1. The van der Waals surface area contributed by atoms with E-state index >= 15 is 0 Å². The molecular weight excluding hydrogens is 342 g/mol. The van der Waals surface area contributed by atoms with Crippen LogP contribution < -0.4 is 10.1 Å². The molecule has 27 heavy (non-hydrogen) atoms. The number of carbonyl (C=O) groups excluding carboxylic acids is 1. The van der Waals surface area contributed by atoms with Crippen molar-refractivity contribution < 1.29 is 19.0 Å². The predicted octanol–water partition coefficient (Wildman–Crippen LogP) is 4.32. The molecule has 4 rings (SSSR count). The normalized spacial score (nSPS) is 39.1. The molecule has 2 heterocycles. The molecule has 1 aliphatic carbocycles. The molecule has 2 fully saturated rings. The second-order valence-electron chi connectivity index (χ2n) is 8.84. The van der Waals surface area contributed by atoms with Gasteiger partial charge in [0.25, 0.3) is 0 Å². The summed E-state index contributed by atoms with van der Waals surface area (Å²) in [5.74, 6) is 1.86. The van der Waals surface area contributed by atoms with Crippen LogP contribution in [0.5, 0.6) is 5.75 Å². The molecule has 148 valence electrons. The number of hydrogen-bond donors (Lipinski definition) is 1. The minimum absolute atomic E-state index is 0.0458. The number of amides is 1. The van der Waals surface area contributed by atoms with Gasteiger partial charge in [0, 0.05) is 23.4 Å². The van der Waals surface area contributed by atoms with Gasteiger partial charge in [-0.25, -0.2) is 4.79 Å². The zero-order valence-electron chi connectivity index (χ0n) is 16.8. The monoisotopic (exact) mass is 373 g/mol. The van der Waals surface area contributed by atoms with E-state index in [2.05, 4.69) is 32.2 Å². The number of hydrogen-bond acceptors (Lipinski definition) is 4. The van der Waals surface area contributed by atoms with Crippen molar-refractivity contribution in [3.8, 4) is 5.75 Å². The van der Waals surface area contributed by atoms with Crippen LogP contribution in [-0.4, -0.2) is 31.5 Å². The second-order valence-corrected chi connectivity index (χ2v) is 8.84. The molecule has 0 aromatic heterocycles. The molecule has 2 bridgehead atoms. The zero-order chi connectivity index (χ0) is 19.2. The van der Waals surface area contributed by atoms with Crippen LogP contribution in [0.2, 0.25) is 0 Å². The lowest BCUT2D eigenvalue weighted by Gasteiger charge is -2.63. The van der Waals surface area contributed by atoms with Gasteiger partial charge in [-0.2, -0.15) is 0 Å². The Morgan fingerprint density at radius 3 is 2.89 bits per heavy atom. The fraction of sp³-hybridized carbons (Fsp3) is 0.682. The van der Waals surface area contributed by atoms with E-state index in [1.807, 2.05) is 25.1 Å². The lowest BCUT2D eigenvalue weighted by Crippen LogP contribution is -2.66. The summed E-state index contributed by atoms with van der Waals surface area (Å²) in [6.07, 6.45) is 1.56. The predicted molar refractivity (Wildman–Crippen MR) is 103 cm³/mol. The topological polar surface area (TPSA) is 56.8 Å². The Hall–Kier alpha value is -1.75. The third-order valence-electron chi connectivity index (χ3n) is 7.26. The number of nitrogens with one attached hydrogen (secondary N) is 1. The molecule has 3 aliphatic rings. The third-order valence-corrected chi connectivity index (χ3v) is 7.26. The Morgan fingerprint density at radius 2 is 2.11 bits per heavy atom. The Balaban J connectivity index is 1.61. The molecule has 6 atom stereocenters. The molecule has 1 saturated carbocycles. The molecule has 0 spiro atoms. The van der Waals surface area contributed by atoms with Gasteiger partial charge in [-0.05, 0) is 37.7 Å². The van der Waals surface area contributed by atoms with Gasteiger partial charge >= 0.3 is 6.09 Å². The summed E-state index contributed by atoms with van der Waals surface area (Å²) in [6, 6.07) is 8.24. The standard InChI is InChI=1S/C22H31NO4/c1-5-10-23-20(24)26-13-22-12-25-19-16-8-6-7-9-17(16)27-21(4,11-14(22)2)18(19)15(22)3/h6-9,14-15,18-19H,5,10-13H2,1-4H3,(H,23,24)/t14-,15-,18+,19+,21-,22+/m0/s1. The van der Waals surface area contributed by atoms with E-state index in [1.165, 1.54) is 0 Å². The summed E-state index contributed by atoms with van der Waals surface area (Å²) in [5, 5.41) is 2.81. The maximum Gasteiger partial charge on any atom is 0.407 e. The van der Waals surface area contributed by atoms with Crippen molar-refractivity contribution in [1.82, 2.24) is 5.32 Å². The number of benzene rings is 1. The van der Waals surface area contributed by atoms with Gasteiger partial charge in [0.15, 0.2) is 0 Å². The summed E-state index contributed by atoms with van der Waals surface area (Å²) in [4.78, 5) is 12.0. The van der Waals surface area contributed by atoms with E-state index in [4.69, 9.17) is 14.2 Å². The maximum absolute atomic E-state index is 12.0. The van der Waals surface area contributed by atoms with E-state index in [9.17, 15) is 4.79 Å². The van der Waals surface area contributed by atoms with E-state index in [0.29, 0.717) is 31.6 Å². The Bertz CT molecular complexity index is 722. The molecule has 0 radical (unpaired) electrons. The van der Waals surface area contributed by atoms with Crippen LogP contribution in [0.25, 0.3) is 0 Å². The molecule has 5 nitrogen and oxygen atoms in total.